The number of aryl methyl sites for hydroxylation is 1. The zero-order valence-corrected chi connectivity index (χ0v) is 11.2. The summed E-state index contributed by atoms with van der Waals surface area (Å²) in [5, 5.41) is 9.21. The topological polar surface area (TPSA) is 63.3 Å². The van der Waals surface area contributed by atoms with Crippen LogP contribution in [-0.4, -0.2) is 11.1 Å². The van der Waals surface area contributed by atoms with E-state index in [4.69, 9.17) is 5.73 Å². The molecule has 3 N–H and O–H groups in total. The summed E-state index contributed by atoms with van der Waals surface area (Å²) in [7, 11) is 0. The van der Waals surface area contributed by atoms with Gasteiger partial charge in [-0.15, -0.1) is 0 Å². The van der Waals surface area contributed by atoms with Crippen LogP contribution in [0.4, 0.5) is 5.69 Å². The van der Waals surface area contributed by atoms with Gasteiger partial charge in [-0.3, -0.25) is 4.79 Å². The van der Waals surface area contributed by atoms with E-state index in [0.29, 0.717) is 0 Å². The molecule has 2 aliphatic carbocycles. The minimum absolute atomic E-state index is 0.349. The number of carbonyl (C=O) groups is 1. The fourth-order valence-electron chi connectivity index (χ4n) is 3.68. The first-order valence-electron chi connectivity index (χ1n) is 7.29. The summed E-state index contributed by atoms with van der Waals surface area (Å²) in [6, 6.07) is 4.09. The standard InChI is InChI=1S/C16H21NO2/c17-15-9-14-11(5-6-13(14)16(18)19)8-12(15)7-10-3-1-2-4-10/h8-10,13H,1-7,17H2,(H,18,19). The second-order valence-electron chi connectivity index (χ2n) is 6.03. The second-order valence-corrected chi connectivity index (χ2v) is 6.03. The van der Waals surface area contributed by atoms with Gasteiger partial charge in [0.2, 0.25) is 0 Å². The summed E-state index contributed by atoms with van der Waals surface area (Å²) < 4.78 is 0. The molecule has 3 rings (SSSR count). The summed E-state index contributed by atoms with van der Waals surface area (Å²) in [6.45, 7) is 0. The molecule has 1 saturated carbocycles. The van der Waals surface area contributed by atoms with Gasteiger partial charge in [-0.25, -0.2) is 0 Å². The van der Waals surface area contributed by atoms with Gasteiger partial charge in [0.1, 0.15) is 0 Å². The number of benzene rings is 1. The van der Waals surface area contributed by atoms with Gasteiger partial charge in [-0.1, -0.05) is 31.7 Å². The van der Waals surface area contributed by atoms with E-state index in [1.54, 1.807) is 0 Å². The number of rotatable bonds is 3. The lowest BCUT2D eigenvalue weighted by molar-refractivity contribution is -0.138. The van der Waals surface area contributed by atoms with Crippen LogP contribution in [-0.2, 0) is 17.6 Å². The number of hydrogen-bond donors (Lipinski definition) is 2. The van der Waals surface area contributed by atoms with Crippen molar-refractivity contribution in [1.29, 1.82) is 0 Å². The first-order valence-corrected chi connectivity index (χ1v) is 7.29. The van der Waals surface area contributed by atoms with Gasteiger partial charge in [-0.2, -0.15) is 0 Å². The van der Waals surface area contributed by atoms with Crippen molar-refractivity contribution in [2.24, 2.45) is 5.92 Å². The largest absolute Gasteiger partial charge is 0.481 e. The van der Waals surface area contributed by atoms with Gasteiger partial charge in [-0.05, 0) is 47.9 Å². The summed E-state index contributed by atoms with van der Waals surface area (Å²) in [5.74, 6) is -0.295. The van der Waals surface area contributed by atoms with Crippen molar-refractivity contribution >= 4 is 11.7 Å². The smallest absolute Gasteiger partial charge is 0.310 e. The van der Waals surface area contributed by atoms with Gasteiger partial charge in [0.15, 0.2) is 0 Å². The van der Waals surface area contributed by atoms with Gasteiger partial charge < -0.3 is 10.8 Å². The quantitative estimate of drug-likeness (QED) is 0.820. The Morgan fingerprint density at radius 3 is 2.68 bits per heavy atom. The van der Waals surface area contributed by atoms with E-state index in [0.717, 1.165) is 36.4 Å². The Labute approximate surface area is 113 Å². The maximum absolute atomic E-state index is 11.2. The second kappa shape index (κ2) is 4.87. The van der Waals surface area contributed by atoms with E-state index in [1.165, 1.54) is 36.8 Å². The predicted molar refractivity (Wildman–Crippen MR) is 75.2 cm³/mol. The molecule has 3 nitrogen and oxygen atoms in total. The molecule has 0 saturated heterocycles. The maximum atomic E-state index is 11.2. The van der Waals surface area contributed by atoms with Crippen LogP contribution in [0.25, 0.3) is 0 Å². The van der Waals surface area contributed by atoms with Crippen molar-refractivity contribution in [3.8, 4) is 0 Å². The molecule has 102 valence electrons. The van der Waals surface area contributed by atoms with Crippen LogP contribution in [0.5, 0.6) is 0 Å². The van der Waals surface area contributed by atoms with E-state index < -0.39 is 5.97 Å². The zero-order valence-electron chi connectivity index (χ0n) is 11.2. The SMILES string of the molecule is Nc1cc2c(cc1CC1CCCC1)CCC2C(=O)O. The molecule has 1 aromatic carbocycles. The molecule has 0 bridgehead atoms. The average Bonchev–Trinajstić information content (AvgIpc) is 2.98. The summed E-state index contributed by atoms with van der Waals surface area (Å²) in [6.07, 6.45) is 7.98. The molecule has 1 atom stereocenters. The Hall–Kier alpha value is -1.51. The van der Waals surface area contributed by atoms with Crippen molar-refractivity contribution in [3.63, 3.8) is 0 Å². The molecular formula is C16H21NO2. The van der Waals surface area contributed by atoms with Crippen LogP contribution < -0.4 is 5.73 Å². The third-order valence-electron chi connectivity index (χ3n) is 4.76. The van der Waals surface area contributed by atoms with Crippen molar-refractivity contribution < 1.29 is 9.90 Å². The van der Waals surface area contributed by atoms with Crippen molar-refractivity contribution in [1.82, 2.24) is 0 Å². The van der Waals surface area contributed by atoms with Gasteiger partial charge in [0.05, 0.1) is 5.92 Å². The monoisotopic (exact) mass is 259 g/mol. The molecule has 0 heterocycles. The fraction of sp³-hybridized carbons (Fsp3) is 0.562. The number of carboxylic acid groups (broad SMARTS) is 1. The maximum Gasteiger partial charge on any atom is 0.310 e. The summed E-state index contributed by atoms with van der Waals surface area (Å²) in [5.41, 5.74) is 10.3. The van der Waals surface area contributed by atoms with E-state index in [1.807, 2.05) is 6.07 Å². The lowest BCUT2D eigenvalue weighted by Gasteiger charge is -2.14. The lowest BCUT2D eigenvalue weighted by Crippen LogP contribution is -2.09. The summed E-state index contributed by atoms with van der Waals surface area (Å²) >= 11 is 0. The molecule has 0 amide bonds. The number of anilines is 1. The third-order valence-corrected chi connectivity index (χ3v) is 4.76. The molecule has 1 unspecified atom stereocenters. The van der Waals surface area contributed by atoms with E-state index >= 15 is 0 Å². The van der Waals surface area contributed by atoms with Crippen LogP contribution in [0.1, 0.15) is 54.7 Å². The molecule has 2 aliphatic rings. The number of fused-ring (bicyclic) bond motifs is 1. The minimum atomic E-state index is -0.721. The Morgan fingerprint density at radius 2 is 2.00 bits per heavy atom. The number of carboxylic acids is 1. The highest BCUT2D eigenvalue weighted by molar-refractivity contribution is 5.78. The molecule has 1 aromatic rings. The van der Waals surface area contributed by atoms with Gasteiger partial charge in [0.25, 0.3) is 0 Å². The van der Waals surface area contributed by atoms with Crippen LogP contribution in [0.2, 0.25) is 0 Å². The zero-order chi connectivity index (χ0) is 13.4. The summed E-state index contributed by atoms with van der Waals surface area (Å²) in [4.78, 5) is 11.2. The predicted octanol–water partition coefficient (Wildman–Crippen LogP) is 3.12. The molecule has 19 heavy (non-hydrogen) atoms. The van der Waals surface area contributed by atoms with E-state index in [-0.39, 0.29) is 5.92 Å². The average molecular weight is 259 g/mol. The molecule has 0 aliphatic heterocycles. The first-order chi connectivity index (χ1) is 9.15. The molecule has 0 spiro atoms. The molecule has 0 radical (unpaired) electrons. The number of nitrogen functional groups attached to an aromatic ring is 1. The molecule has 1 fully saturated rings. The van der Waals surface area contributed by atoms with Gasteiger partial charge >= 0.3 is 5.97 Å². The highest BCUT2D eigenvalue weighted by Gasteiger charge is 2.29. The normalized spacial score (nSPS) is 22.6. The highest BCUT2D eigenvalue weighted by atomic mass is 16.4. The van der Waals surface area contributed by atoms with Crippen LogP contribution >= 0.6 is 0 Å². The van der Waals surface area contributed by atoms with Crippen molar-refractivity contribution in [2.75, 3.05) is 5.73 Å². The van der Waals surface area contributed by atoms with Crippen LogP contribution in [0.15, 0.2) is 12.1 Å². The van der Waals surface area contributed by atoms with Crippen LogP contribution in [0, 0.1) is 5.92 Å². The lowest BCUT2D eigenvalue weighted by atomic mass is 9.93. The van der Waals surface area contributed by atoms with Gasteiger partial charge in [0, 0.05) is 5.69 Å². The Morgan fingerprint density at radius 1 is 1.26 bits per heavy atom. The Bertz CT molecular complexity index is 504. The highest BCUT2D eigenvalue weighted by Crippen LogP contribution is 2.37. The number of aliphatic carboxylic acids is 1. The number of nitrogens with two attached hydrogens (primary N) is 1. The van der Waals surface area contributed by atoms with Crippen molar-refractivity contribution in [3.05, 3.63) is 28.8 Å². The Balaban J connectivity index is 1.86. The van der Waals surface area contributed by atoms with E-state index in [9.17, 15) is 9.90 Å². The number of hydrogen-bond acceptors (Lipinski definition) is 2. The molecule has 0 aromatic heterocycles. The third kappa shape index (κ3) is 2.34. The molecular weight excluding hydrogens is 238 g/mol. The van der Waals surface area contributed by atoms with E-state index in [2.05, 4.69) is 6.07 Å². The first kappa shape index (κ1) is 12.5. The Kier molecular flexibility index (Phi) is 3.21. The van der Waals surface area contributed by atoms with Crippen LogP contribution in [0.3, 0.4) is 0 Å². The minimum Gasteiger partial charge on any atom is -0.481 e. The van der Waals surface area contributed by atoms with Crippen molar-refractivity contribution in [2.45, 2.75) is 50.9 Å². The molecule has 3 heteroatoms. The fourth-order valence-corrected chi connectivity index (χ4v) is 3.68.